The van der Waals surface area contributed by atoms with Crippen LogP contribution < -0.4 is 26.2 Å². The van der Waals surface area contributed by atoms with Crippen LogP contribution in [0.4, 0.5) is 34.1 Å². The second kappa shape index (κ2) is 15.3. The Balaban J connectivity index is 1.15. The molecule has 0 saturated carbocycles. The second-order valence-electron chi connectivity index (χ2n) is 28.0. The van der Waals surface area contributed by atoms with E-state index in [0.717, 1.165) is 17.6 Å². The summed E-state index contributed by atoms with van der Waals surface area (Å²) in [6.07, 6.45) is 7.04. The van der Waals surface area contributed by atoms with Crippen molar-refractivity contribution in [1.29, 1.82) is 0 Å². The fraction of sp³-hybridized carbons (Fsp3) is 0.400. The van der Waals surface area contributed by atoms with E-state index in [1.54, 1.807) is 0 Å². The molecule has 0 bridgehead atoms. The summed E-state index contributed by atoms with van der Waals surface area (Å²) in [5, 5.41) is 2.42. The van der Waals surface area contributed by atoms with Crippen molar-refractivity contribution in [3.05, 3.63) is 159 Å². The molecule has 1 aromatic heterocycles. The van der Waals surface area contributed by atoms with Gasteiger partial charge in [-0.05, 0) is 236 Å². The van der Waals surface area contributed by atoms with Gasteiger partial charge in [0.1, 0.15) is 11.2 Å². The molecule has 3 heterocycles. The van der Waals surface area contributed by atoms with E-state index >= 15 is 0 Å². The highest BCUT2D eigenvalue weighted by Crippen LogP contribution is 2.55. The van der Waals surface area contributed by atoms with E-state index in [1.807, 2.05) is 0 Å². The van der Waals surface area contributed by atoms with Crippen LogP contribution in [0.25, 0.3) is 33.1 Å². The number of hydrogen-bond donors (Lipinski definition) is 0. The van der Waals surface area contributed by atoms with E-state index in [2.05, 4.69) is 224 Å². The molecule has 0 fully saturated rings. The van der Waals surface area contributed by atoms with Gasteiger partial charge in [0.25, 0.3) is 6.71 Å². The molecule has 13 rings (SSSR count). The molecule has 5 aliphatic rings. The SMILES string of the molecule is Cc1cc2c3c(c1)N(c1cc4c(cc1C)C(C)(C)CCC4(C)C)c1cc4c(cc1B3c1ccc(-c3ccccc3C)cc1N2c1cc2c(cc1C)C(C)(C)CCC2(C)C)oc1cc2c(cc14)C(C)(C)CCC2(C)C. The van der Waals surface area contributed by atoms with Crippen molar-refractivity contribution in [2.24, 2.45) is 0 Å². The van der Waals surface area contributed by atoms with Crippen LogP contribution in [0.15, 0.2) is 108 Å². The second-order valence-corrected chi connectivity index (χ2v) is 28.0. The Hall–Kier alpha value is -6.00. The Kier molecular flexibility index (Phi) is 9.88. The summed E-state index contributed by atoms with van der Waals surface area (Å²) in [4.78, 5) is 5.39. The van der Waals surface area contributed by atoms with Gasteiger partial charge < -0.3 is 14.2 Å². The standard InChI is InChI=1S/C70H77BN2O/c1-40-29-60-64-61(30-40)73(57-37-52-49(32-43(57)4)66(7,8)24-27-69(52,13)14)59-35-47-46-34-50-53(70(15,16)28-25-67(50,9)10)38-62(46)74-63(47)39-55(59)71(64)54-22-21-44(45-20-18-17-19-41(45)2)33-58(54)72(60)56-36-51-48(31-42(56)3)65(5,6)23-26-68(51,11)12/h17-22,29-39H,23-28H2,1-16H3. The average molecular weight is 973 g/mol. The van der Waals surface area contributed by atoms with Crippen molar-refractivity contribution in [3.63, 3.8) is 0 Å². The van der Waals surface area contributed by atoms with Gasteiger partial charge in [0.2, 0.25) is 0 Å². The van der Waals surface area contributed by atoms with Gasteiger partial charge in [0, 0.05) is 44.9 Å². The van der Waals surface area contributed by atoms with Crippen LogP contribution in [0, 0.1) is 27.7 Å². The van der Waals surface area contributed by atoms with Gasteiger partial charge in [0.15, 0.2) is 0 Å². The van der Waals surface area contributed by atoms with Gasteiger partial charge in [-0.15, -0.1) is 0 Å². The molecule has 0 N–H and O–H groups in total. The fourth-order valence-corrected chi connectivity index (χ4v) is 14.9. The zero-order chi connectivity index (χ0) is 52.1. The number of rotatable bonds is 3. The first-order chi connectivity index (χ1) is 34.8. The molecule has 0 saturated heterocycles. The van der Waals surface area contributed by atoms with Crippen LogP contribution >= 0.6 is 0 Å². The van der Waals surface area contributed by atoms with Crippen molar-refractivity contribution in [1.82, 2.24) is 0 Å². The summed E-state index contributed by atoms with van der Waals surface area (Å²) in [7, 11) is 0. The Morgan fingerprint density at radius 3 is 1.32 bits per heavy atom. The maximum absolute atomic E-state index is 7.23. The monoisotopic (exact) mass is 973 g/mol. The van der Waals surface area contributed by atoms with Gasteiger partial charge in [-0.2, -0.15) is 0 Å². The smallest absolute Gasteiger partial charge is 0.252 e. The molecule has 0 unspecified atom stereocenters. The highest BCUT2D eigenvalue weighted by Gasteiger charge is 2.47. The minimum Gasteiger partial charge on any atom is -0.456 e. The largest absolute Gasteiger partial charge is 0.456 e. The van der Waals surface area contributed by atoms with Crippen LogP contribution in [-0.2, 0) is 32.5 Å². The molecule has 8 aromatic rings. The molecule has 0 amide bonds. The van der Waals surface area contributed by atoms with Crippen molar-refractivity contribution in [3.8, 4) is 11.1 Å². The molecule has 4 heteroatoms. The number of nitrogens with zero attached hydrogens (tertiary/aromatic N) is 2. The Morgan fingerprint density at radius 2 is 0.811 bits per heavy atom. The third kappa shape index (κ3) is 6.77. The molecule has 2 aliphatic heterocycles. The van der Waals surface area contributed by atoms with Crippen molar-refractivity contribution < 1.29 is 4.42 Å². The van der Waals surface area contributed by atoms with E-state index in [1.165, 1.54) is 160 Å². The molecule has 0 atom stereocenters. The van der Waals surface area contributed by atoms with E-state index in [9.17, 15) is 0 Å². The number of aryl methyl sites for hydroxylation is 4. The highest BCUT2D eigenvalue weighted by molar-refractivity contribution is 7.00. The lowest BCUT2D eigenvalue weighted by molar-refractivity contribution is 0.332. The maximum Gasteiger partial charge on any atom is 0.252 e. The Labute approximate surface area is 442 Å². The molecule has 0 radical (unpaired) electrons. The number of benzene rings is 7. The van der Waals surface area contributed by atoms with E-state index in [4.69, 9.17) is 4.42 Å². The molecular formula is C70H77BN2O. The number of furan rings is 1. The summed E-state index contributed by atoms with van der Waals surface area (Å²) in [5.74, 6) is 0. The number of fused-ring (bicyclic) bond motifs is 10. The molecular weight excluding hydrogens is 896 g/mol. The Bertz CT molecular complexity index is 3760. The molecule has 0 spiro atoms. The first kappa shape index (κ1) is 47.7. The Morgan fingerprint density at radius 1 is 0.378 bits per heavy atom. The van der Waals surface area contributed by atoms with Gasteiger partial charge in [0.05, 0.1) is 0 Å². The predicted octanol–water partition coefficient (Wildman–Crippen LogP) is 17.6. The summed E-state index contributed by atoms with van der Waals surface area (Å²) in [5.41, 5.74) is 30.6. The molecule has 74 heavy (non-hydrogen) atoms. The fourth-order valence-electron chi connectivity index (χ4n) is 14.9. The molecule has 3 aliphatic carbocycles. The van der Waals surface area contributed by atoms with E-state index < -0.39 is 0 Å². The first-order valence-corrected chi connectivity index (χ1v) is 28.1. The van der Waals surface area contributed by atoms with Gasteiger partial charge in [-0.3, -0.25) is 0 Å². The number of hydrogen-bond acceptors (Lipinski definition) is 3. The van der Waals surface area contributed by atoms with E-state index in [-0.39, 0.29) is 39.2 Å². The summed E-state index contributed by atoms with van der Waals surface area (Å²) < 4.78 is 7.23. The minimum atomic E-state index is -0.0469. The van der Waals surface area contributed by atoms with Gasteiger partial charge in [-0.25, -0.2) is 0 Å². The lowest BCUT2D eigenvalue weighted by Gasteiger charge is -2.47. The predicted molar refractivity (Wildman–Crippen MR) is 318 cm³/mol. The lowest BCUT2D eigenvalue weighted by Crippen LogP contribution is -2.61. The van der Waals surface area contributed by atoms with E-state index in [0.29, 0.717) is 0 Å². The zero-order valence-electron chi connectivity index (χ0n) is 47.4. The summed E-state index contributed by atoms with van der Waals surface area (Å²) in [6, 6.07) is 41.6. The third-order valence-corrected chi connectivity index (χ3v) is 20.1. The summed E-state index contributed by atoms with van der Waals surface area (Å²) >= 11 is 0. The number of anilines is 6. The normalized spacial score (nSPS) is 19.9. The van der Waals surface area contributed by atoms with Gasteiger partial charge >= 0.3 is 0 Å². The van der Waals surface area contributed by atoms with Crippen LogP contribution in [0.3, 0.4) is 0 Å². The minimum absolute atomic E-state index is 0.0434. The quantitative estimate of drug-likeness (QED) is 0.165. The van der Waals surface area contributed by atoms with Crippen molar-refractivity contribution >= 4 is 79.2 Å². The van der Waals surface area contributed by atoms with Gasteiger partial charge in [-0.1, -0.05) is 132 Å². The zero-order valence-corrected chi connectivity index (χ0v) is 47.4. The molecule has 376 valence electrons. The highest BCUT2D eigenvalue weighted by atomic mass is 16.3. The third-order valence-electron chi connectivity index (χ3n) is 20.1. The molecule has 3 nitrogen and oxygen atoms in total. The molecule has 7 aromatic carbocycles. The van der Waals surface area contributed by atoms with Crippen LogP contribution in [0.1, 0.15) is 177 Å². The topological polar surface area (TPSA) is 19.6 Å². The van der Waals surface area contributed by atoms with Crippen LogP contribution in [0.5, 0.6) is 0 Å². The summed E-state index contributed by atoms with van der Waals surface area (Å²) in [6.45, 7) is 38.7. The van der Waals surface area contributed by atoms with Crippen molar-refractivity contribution in [2.45, 2.75) is 182 Å². The van der Waals surface area contributed by atoms with Crippen molar-refractivity contribution in [2.75, 3.05) is 9.80 Å². The first-order valence-electron chi connectivity index (χ1n) is 28.1. The lowest BCUT2D eigenvalue weighted by atomic mass is 9.33. The van der Waals surface area contributed by atoms with Crippen LogP contribution in [-0.4, -0.2) is 6.71 Å². The maximum atomic E-state index is 7.23. The van der Waals surface area contributed by atoms with Crippen LogP contribution in [0.2, 0.25) is 0 Å². The average Bonchev–Trinajstić information content (AvgIpc) is 3.72.